The van der Waals surface area contributed by atoms with Gasteiger partial charge >= 0.3 is 0 Å². The highest BCUT2D eigenvalue weighted by Gasteiger charge is 2.27. The van der Waals surface area contributed by atoms with Gasteiger partial charge in [0.1, 0.15) is 13.5 Å². The van der Waals surface area contributed by atoms with E-state index in [9.17, 15) is 4.79 Å². The highest BCUT2D eigenvalue weighted by atomic mass is 16.1. The van der Waals surface area contributed by atoms with E-state index in [1.807, 2.05) is 60.8 Å². The zero-order valence-electron chi connectivity index (χ0n) is 13.9. The third kappa shape index (κ3) is 2.17. The van der Waals surface area contributed by atoms with Crippen LogP contribution in [-0.4, -0.2) is 23.7 Å². The highest BCUT2D eigenvalue weighted by molar-refractivity contribution is 6.32. The number of nitrogens with zero attached hydrogens (tertiary/aromatic N) is 1. The molecule has 1 aliphatic heterocycles. The van der Waals surface area contributed by atoms with E-state index in [1.165, 1.54) is 0 Å². The molecule has 1 atom stereocenters. The molecule has 2 radical (unpaired) electrons. The number of carbonyl (C=O) groups is 1. The van der Waals surface area contributed by atoms with Crippen molar-refractivity contribution in [2.75, 3.05) is 0 Å². The maximum atomic E-state index is 13.0. The van der Waals surface area contributed by atoms with Crippen LogP contribution in [0.5, 0.6) is 0 Å². The zero-order valence-corrected chi connectivity index (χ0v) is 13.9. The molecule has 0 saturated carbocycles. The Labute approximate surface area is 151 Å². The lowest BCUT2D eigenvalue weighted by Gasteiger charge is -2.24. The number of hydrogen-bond donors (Lipinski definition) is 2. The van der Waals surface area contributed by atoms with Gasteiger partial charge in [-0.15, -0.1) is 0 Å². The van der Waals surface area contributed by atoms with Gasteiger partial charge in [-0.05, 0) is 28.8 Å². The Morgan fingerprint density at radius 2 is 1.69 bits per heavy atom. The standard InChI is InChI=1S/C21H14BN3O/c22-13-7-5-12(6-8-13)19-17-11-24-20-18(17)15(9-10-23-20)14-3-1-2-4-16(14)21(26)25-19/h1-11,19H,(H,23,24)(H,25,26). The van der Waals surface area contributed by atoms with Gasteiger partial charge in [0.25, 0.3) is 5.91 Å². The summed E-state index contributed by atoms with van der Waals surface area (Å²) >= 11 is 0. The third-order valence-electron chi connectivity index (χ3n) is 4.92. The van der Waals surface area contributed by atoms with Crippen molar-refractivity contribution in [2.45, 2.75) is 6.04 Å². The molecule has 0 aliphatic carbocycles. The van der Waals surface area contributed by atoms with E-state index in [2.05, 4.69) is 15.3 Å². The molecule has 1 aliphatic rings. The molecule has 1 unspecified atom stereocenters. The fraction of sp³-hybridized carbons (Fsp3) is 0.0476. The minimum absolute atomic E-state index is 0.0979. The Kier molecular flexibility index (Phi) is 3.22. The van der Waals surface area contributed by atoms with E-state index < -0.39 is 0 Å². The first-order valence-electron chi connectivity index (χ1n) is 8.44. The summed E-state index contributed by atoms with van der Waals surface area (Å²) in [5.41, 5.74) is 6.05. The van der Waals surface area contributed by atoms with Crippen LogP contribution in [0.1, 0.15) is 27.5 Å². The average molecular weight is 335 g/mol. The number of pyridine rings is 1. The van der Waals surface area contributed by atoms with Crippen LogP contribution in [0, 0.1) is 0 Å². The van der Waals surface area contributed by atoms with Gasteiger partial charge in [0.05, 0.1) is 6.04 Å². The van der Waals surface area contributed by atoms with E-state index in [-0.39, 0.29) is 11.9 Å². The molecule has 4 aromatic rings. The van der Waals surface area contributed by atoms with Crippen molar-refractivity contribution >= 4 is 30.2 Å². The molecule has 2 aromatic heterocycles. The Morgan fingerprint density at radius 3 is 2.50 bits per heavy atom. The van der Waals surface area contributed by atoms with Crippen LogP contribution in [-0.2, 0) is 0 Å². The SMILES string of the molecule is [B]c1ccc(C2NC(=O)c3ccccc3-c3ccnc4[nH]cc2c34)cc1. The molecular weight excluding hydrogens is 321 g/mol. The number of nitrogens with one attached hydrogen (secondary N) is 2. The van der Waals surface area contributed by atoms with E-state index in [4.69, 9.17) is 7.85 Å². The molecule has 0 bridgehead atoms. The van der Waals surface area contributed by atoms with E-state index in [0.29, 0.717) is 11.0 Å². The van der Waals surface area contributed by atoms with Gasteiger partial charge < -0.3 is 10.3 Å². The monoisotopic (exact) mass is 335 g/mol. The second-order valence-electron chi connectivity index (χ2n) is 6.44. The molecule has 122 valence electrons. The fourth-order valence-electron chi connectivity index (χ4n) is 3.69. The molecule has 5 rings (SSSR count). The van der Waals surface area contributed by atoms with E-state index in [1.54, 1.807) is 6.20 Å². The van der Waals surface area contributed by atoms with Gasteiger partial charge in [-0.1, -0.05) is 47.9 Å². The zero-order chi connectivity index (χ0) is 17.7. The number of carbonyl (C=O) groups excluding carboxylic acids is 1. The van der Waals surface area contributed by atoms with Crippen molar-refractivity contribution in [3.8, 4) is 11.1 Å². The number of rotatable bonds is 1. The summed E-state index contributed by atoms with van der Waals surface area (Å²) in [6.07, 6.45) is 3.70. The van der Waals surface area contributed by atoms with Crippen molar-refractivity contribution in [3.05, 3.63) is 83.7 Å². The molecule has 2 N–H and O–H groups in total. The lowest BCUT2D eigenvalue weighted by Crippen LogP contribution is -2.30. The predicted octanol–water partition coefficient (Wildman–Crippen LogP) is 2.86. The van der Waals surface area contributed by atoms with Crippen molar-refractivity contribution in [1.82, 2.24) is 15.3 Å². The minimum atomic E-state index is -0.284. The van der Waals surface area contributed by atoms with Crippen LogP contribution in [0.4, 0.5) is 0 Å². The fourth-order valence-corrected chi connectivity index (χ4v) is 3.69. The summed E-state index contributed by atoms with van der Waals surface area (Å²) in [6, 6.07) is 16.9. The van der Waals surface area contributed by atoms with Crippen LogP contribution in [0.25, 0.3) is 22.2 Å². The number of aromatic amines is 1. The van der Waals surface area contributed by atoms with E-state index >= 15 is 0 Å². The Hall–Kier alpha value is -3.34. The number of benzene rings is 2. The first-order valence-corrected chi connectivity index (χ1v) is 8.44. The van der Waals surface area contributed by atoms with Crippen LogP contribution < -0.4 is 10.8 Å². The van der Waals surface area contributed by atoms with Crippen LogP contribution in [0.3, 0.4) is 0 Å². The summed E-state index contributed by atoms with van der Waals surface area (Å²) in [5.74, 6) is -0.0979. The molecule has 2 aromatic carbocycles. The summed E-state index contributed by atoms with van der Waals surface area (Å²) in [5, 5.41) is 4.20. The van der Waals surface area contributed by atoms with E-state index in [0.717, 1.165) is 33.3 Å². The average Bonchev–Trinajstić information content (AvgIpc) is 3.10. The first-order chi connectivity index (χ1) is 12.7. The van der Waals surface area contributed by atoms with Crippen LogP contribution >= 0.6 is 0 Å². The van der Waals surface area contributed by atoms with Gasteiger partial charge in [0, 0.05) is 28.9 Å². The highest BCUT2D eigenvalue weighted by Crippen LogP contribution is 2.38. The molecule has 0 spiro atoms. The lowest BCUT2D eigenvalue weighted by atomic mass is 9.88. The molecule has 0 saturated heterocycles. The Bertz CT molecular complexity index is 1150. The largest absolute Gasteiger partial charge is 0.346 e. The molecule has 5 heteroatoms. The molecule has 4 nitrogen and oxygen atoms in total. The van der Waals surface area contributed by atoms with Crippen molar-refractivity contribution in [1.29, 1.82) is 0 Å². The Balaban J connectivity index is 1.84. The second kappa shape index (κ2) is 5.59. The normalized spacial score (nSPS) is 15.8. The van der Waals surface area contributed by atoms with Crippen molar-refractivity contribution in [2.24, 2.45) is 0 Å². The van der Waals surface area contributed by atoms with Crippen LogP contribution in [0.2, 0.25) is 0 Å². The number of fused-ring (bicyclic) bond motifs is 2. The maximum Gasteiger partial charge on any atom is 0.252 e. The number of H-pyrrole nitrogens is 1. The lowest BCUT2D eigenvalue weighted by molar-refractivity contribution is 0.0943. The maximum absolute atomic E-state index is 13.0. The predicted molar refractivity (Wildman–Crippen MR) is 103 cm³/mol. The smallest absolute Gasteiger partial charge is 0.252 e. The molecule has 3 heterocycles. The van der Waals surface area contributed by atoms with Gasteiger partial charge in [-0.2, -0.15) is 0 Å². The molecular formula is C21H14BN3O. The summed E-state index contributed by atoms with van der Waals surface area (Å²) in [4.78, 5) is 20.7. The molecule has 0 fully saturated rings. The topological polar surface area (TPSA) is 57.8 Å². The van der Waals surface area contributed by atoms with Crippen molar-refractivity contribution in [3.63, 3.8) is 0 Å². The minimum Gasteiger partial charge on any atom is -0.346 e. The summed E-state index contributed by atoms with van der Waals surface area (Å²) < 4.78 is 0. The van der Waals surface area contributed by atoms with Gasteiger partial charge in [-0.25, -0.2) is 4.98 Å². The van der Waals surface area contributed by atoms with Crippen LogP contribution in [0.15, 0.2) is 67.0 Å². The van der Waals surface area contributed by atoms with Crippen molar-refractivity contribution < 1.29 is 4.79 Å². The molecule has 1 amide bonds. The third-order valence-corrected chi connectivity index (χ3v) is 4.92. The second-order valence-corrected chi connectivity index (χ2v) is 6.44. The van der Waals surface area contributed by atoms with Gasteiger partial charge in [0.2, 0.25) is 0 Å². The summed E-state index contributed by atoms with van der Waals surface area (Å²) in [6.45, 7) is 0. The Morgan fingerprint density at radius 1 is 0.923 bits per heavy atom. The number of amides is 1. The first kappa shape index (κ1) is 15.0. The number of hydrogen-bond acceptors (Lipinski definition) is 2. The van der Waals surface area contributed by atoms with Gasteiger partial charge in [-0.3, -0.25) is 4.79 Å². The molecule has 26 heavy (non-hydrogen) atoms. The quantitative estimate of drug-likeness (QED) is 0.526. The summed E-state index contributed by atoms with van der Waals surface area (Å²) in [7, 11) is 5.83. The number of aromatic nitrogens is 2. The van der Waals surface area contributed by atoms with Gasteiger partial charge in [0.15, 0.2) is 0 Å².